The quantitative estimate of drug-likeness (QED) is 0.905. The number of alkyl halides is 3. The lowest BCUT2D eigenvalue weighted by Crippen LogP contribution is -2.34. The van der Waals surface area contributed by atoms with Gasteiger partial charge in [-0.3, -0.25) is 4.90 Å². The lowest BCUT2D eigenvalue weighted by molar-refractivity contribution is -0.134. The molecule has 3 rings (SSSR count). The van der Waals surface area contributed by atoms with Crippen molar-refractivity contribution in [1.29, 1.82) is 0 Å². The Labute approximate surface area is 126 Å². The predicted octanol–water partition coefficient (Wildman–Crippen LogP) is 2.91. The Kier molecular flexibility index (Phi) is 4.94. The second-order valence-corrected chi connectivity index (χ2v) is 6.39. The summed E-state index contributed by atoms with van der Waals surface area (Å²) in [5.74, 6) is 0. The zero-order valence-electron chi connectivity index (χ0n) is 10.8. The zero-order chi connectivity index (χ0) is 13.5. The van der Waals surface area contributed by atoms with Crippen LogP contribution in [-0.4, -0.2) is 35.1 Å². The van der Waals surface area contributed by atoms with Gasteiger partial charge in [0.25, 0.3) is 0 Å². The monoisotopic (exact) mass is 327 g/mol. The van der Waals surface area contributed by atoms with E-state index in [1.165, 1.54) is 12.8 Å². The molecule has 0 aromatic carbocycles. The van der Waals surface area contributed by atoms with Gasteiger partial charge in [-0.1, -0.05) is 0 Å². The summed E-state index contributed by atoms with van der Waals surface area (Å²) >= 11 is 0.762. The largest absolute Gasteiger partial charge is 0.427 e. The molecule has 3 heterocycles. The van der Waals surface area contributed by atoms with Crippen LogP contribution in [0.1, 0.15) is 29.1 Å². The first-order valence-corrected chi connectivity index (χ1v) is 7.32. The van der Waals surface area contributed by atoms with Crippen molar-refractivity contribution >= 4 is 23.7 Å². The van der Waals surface area contributed by atoms with E-state index in [0.717, 1.165) is 37.0 Å². The van der Waals surface area contributed by atoms with Crippen LogP contribution in [0.2, 0.25) is 0 Å². The Morgan fingerprint density at radius 1 is 1.30 bits per heavy atom. The van der Waals surface area contributed by atoms with Gasteiger partial charge >= 0.3 is 6.18 Å². The predicted molar refractivity (Wildman–Crippen MR) is 74.2 cm³/mol. The molecule has 1 aromatic rings. The molecule has 114 valence electrons. The van der Waals surface area contributed by atoms with Crippen LogP contribution in [0, 0.1) is 0 Å². The number of aromatic nitrogens is 1. The lowest BCUT2D eigenvalue weighted by atomic mass is 10.1. The highest BCUT2D eigenvalue weighted by Gasteiger charge is 2.34. The van der Waals surface area contributed by atoms with Crippen LogP contribution in [0.25, 0.3) is 0 Å². The lowest BCUT2D eigenvalue weighted by Gasteiger charge is -2.22. The highest BCUT2D eigenvalue weighted by Crippen LogP contribution is 2.33. The van der Waals surface area contributed by atoms with Gasteiger partial charge in [-0.05, 0) is 19.3 Å². The first kappa shape index (κ1) is 16.0. The number of hydrogen-bond donors (Lipinski definition) is 1. The number of fused-ring (bicyclic) bond motifs is 2. The van der Waals surface area contributed by atoms with E-state index in [-0.39, 0.29) is 12.4 Å². The Bertz CT molecular complexity index is 451. The fourth-order valence-electron chi connectivity index (χ4n) is 2.86. The molecule has 20 heavy (non-hydrogen) atoms. The number of nitrogens with one attached hydrogen (secondary N) is 1. The third kappa shape index (κ3) is 3.63. The van der Waals surface area contributed by atoms with Gasteiger partial charge in [0, 0.05) is 25.2 Å². The molecule has 1 N–H and O–H groups in total. The van der Waals surface area contributed by atoms with Crippen LogP contribution in [0.15, 0.2) is 6.20 Å². The molecule has 1 aromatic heterocycles. The zero-order valence-corrected chi connectivity index (χ0v) is 12.5. The van der Waals surface area contributed by atoms with Crippen LogP contribution in [-0.2, 0) is 12.7 Å². The summed E-state index contributed by atoms with van der Waals surface area (Å²) in [6, 6.07) is 1.09. The van der Waals surface area contributed by atoms with Crippen molar-refractivity contribution < 1.29 is 13.2 Å². The van der Waals surface area contributed by atoms with Gasteiger partial charge in [0.2, 0.25) is 0 Å². The van der Waals surface area contributed by atoms with E-state index in [4.69, 9.17) is 0 Å². The van der Waals surface area contributed by atoms with E-state index in [2.05, 4.69) is 15.2 Å². The number of thiazole rings is 1. The van der Waals surface area contributed by atoms with E-state index in [9.17, 15) is 13.2 Å². The van der Waals surface area contributed by atoms with Crippen molar-refractivity contribution in [2.75, 3.05) is 13.1 Å². The van der Waals surface area contributed by atoms with Crippen molar-refractivity contribution in [2.45, 2.75) is 44.1 Å². The number of rotatable bonds is 2. The van der Waals surface area contributed by atoms with Crippen molar-refractivity contribution in [1.82, 2.24) is 15.2 Å². The summed E-state index contributed by atoms with van der Waals surface area (Å²) in [5, 5.41) is 4.12. The highest BCUT2D eigenvalue weighted by atomic mass is 35.5. The number of likely N-dealkylation sites (tertiary alicyclic amines) is 1. The summed E-state index contributed by atoms with van der Waals surface area (Å²) in [6.45, 7) is 2.39. The van der Waals surface area contributed by atoms with E-state index < -0.39 is 11.1 Å². The van der Waals surface area contributed by atoms with Crippen LogP contribution in [0.4, 0.5) is 13.2 Å². The highest BCUT2D eigenvalue weighted by molar-refractivity contribution is 7.11. The molecule has 8 heteroatoms. The van der Waals surface area contributed by atoms with Gasteiger partial charge in [0.05, 0.1) is 12.7 Å². The molecule has 2 bridgehead atoms. The molecule has 3 nitrogen and oxygen atoms in total. The van der Waals surface area contributed by atoms with Crippen molar-refractivity contribution in [3.63, 3.8) is 0 Å². The minimum atomic E-state index is -4.27. The third-order valence-corrected chi connectivity index (χ3v) is 4.83. The van der Waals surface area contributed by atoms with Gasteiger partial charge in [0.15, 0.2) is 0 Å². The maximum atomic E-state index is 12.5. The average Bonchev–Trinajstić information content (AvgIpc) is 2.88. The summed E-state index contributed by atoms with van der Waals surface area (Å²) in [4.78, 5) is 5.52. The Morgan fingerprint density at radius 3 is 2.75 bits per heavy atom. The van der Waals surface area contributed by atoms with E-state index >= 15 is 0 Å². The number of halogens is 4. The second-order valence-electron chi connectivity index (χ2n) is 5.28. The first-order valence-electron chi connectivity index (χ1n) is 6.51. The van der Waals surface area contributed by atoms with Crippen LogP contribution < -0.4 is 5.32 Å². The van der Waals surface area contributed by atoms with Crippen LogP contribution >= 0.6 is 23.7 Å². The fourth-order valence-corrected chi connectivity index (χ4v) is 3.69. The molecule has 0 saturated carbocycles. The summed E-state index contributed by atoms with van der Waals surface area (Å²) in [7, 11) is 0. The SMILES string of the molecule is Cl.FC(F)(F)c1cnc(CN2CCC3CCC(C2)N3)s1. The molecule has 0 aliphatic carbocycles. The molecular weight excluding hydrogens is 311 g/mol. The Hall–Kier alpha value is -0.370. The molecule has 0 radical (unpaired) electrons. The van der Waals surface area contributed by atoms with Crippen molar-refractivity contribution in [3.8, 4) is 0 Å². The molecule has 0 amide bonds. The summed E-state index contributed by atoms with van der Waals surface area (Å²) < 4.78 is 37.5. The molecule has 0 spiro atoms. The first-order chi connectivity index (χ1) is 9.00. The third-order valence-electron chi connectivity index (χ3n) is 3.80. The van der Waals surface area contributed by atoms with Gasteiger partial charge in [-0.25, -0.2) is 4.98 Å². The molecule has 2 unspecified atom stereocenters. The second kappa shape index (κ2) is 6.17. The standard InChI is InChI=1S/C12H16F3N3S.ClH/c13-12(14,15)10-5-16-11(19-10)7-18-4-3-8-1-2-9(6-18)17-8;/h5,8-9,17H,1-4,6-7H2;1H. The van der Waals surface area contributed by atoms with Gasteiger partial charge in [-0.15, -0.1) is 23.7 Å². The fraction of sp³-hybridized carbons (Fsp3) is 0.750. The Balaban J connectivity index is 0.00000147. The topological polar surface area (TPSA) is 28.2 Å². The average molecular weight is 328 g/mol. The molecule has 2 fully saturated rings. The van der Waals surface area contributed by atoms with Gasteiger partial charge in [0.1, 0.15) is 9.88 Å². The number of hydrogen-bond acceptors (Lipinski definition) is 4. The van der Waals surface area contributed by atoms with Crippen LogP contribution in [0.5, 0.6) is 0 Å². The van der Waals surface area contributed by atoms with Gasteiger partial charge in [-0.2, -0.15) is 13.2 Å². The molecule has 2 aliphatic rings. The van der Waals surface area contributed by atoms with Gasteiger partial charge < -0.3 is 5.32 Å². The Morgan fingerprint density at radius 2 is 2.05 bits per heavy atom. The minimum absolute atomic E-state index is 0. The summed E-state index contributed by atoms with van der Waals surface area (Å²) in [5.41, 5.74) is 0. The van der Waals surface area contributed by atoms with E-state index in [0.29, 0.717) is 23.6 Å². The van der Waals surface area contributed by atoms with E-state index in [1.54, 1.807) is 0 Å². The molecule has 2 saturated heterocycles. The number of nitrogens with zero attached hydrogens (tertiary/aromatic N) is 2. The molecule has 2 atom stereocenters. The smallest absolute Gasteiger partial charge is 0.310 e. The summed E-state index contributed by atoms with van der Waals surface area (Å²) in [6.07, 6.45) is 0.159. The molecular formula is C12H17ClF3N3S. The maximum Gasteiger partial charge on any atom is 0.427 e. The minimum Gasteiger partial charge on any atom is -0.310 e. The van der Waals surface area contributed by atoms with Crippen molar-refractivity contribution in [3.05, 3.63) is 16.1 Å². The van der Waals surface area contributed by atoms with Crippen molar-refractivity contribution in [2.24, 2.45) is 0 Å². The molecule has 2 aliphatic heterocycles. The van der Waals surface area contributed by atoms with E-state index in [1.807, 2.05) is 0 Å². The maximum absolute atomic E-state index is 12.5. The van der Waals surface area contributed by atoms with Crippen LogP contribution in [0.3, 0.4) is 0 Å². The normalized spacial score (nSPS) is 27.1.